The van der Waals surface area contributed by atoms with Crippen LogP contribution in [-0.2, 0) is 19.1 Å². The van der Waals surface area contributed by atoms with Crippen molar-refractivity contribution in [2.45, 2.75) is 64.8 Å². The van der Waals surface area contributed by atoms with Crippen LogP contribution < -0.4 is 10.6 Å². The number of rotatable bonds is 7. The van der Waals surface area contributed by atoms with Crippen LogP contribution in [0, 0.1) is 11.8 Å². The van der Waals surface area contributed by atoms with E-state index in [0.717, 1.165) is 19.3 Å². The number of carbonyl (C=O) groups excluding carboxylic acids is 3. The molecule has 1 aliphatic heterocycles. The van der Waals surface area contributed by atoms with E-state index < -0.39 is 12.0 Å². The molecule has 7 nitrogen and oxygen atoms in total. The number of hydrogen-bond acceptors (Lipinski definition) is 5. The molecule has 1 saturated carbocycles. The van der Waals surface area contributed by atoms with E-state index in [1.165, 1.54) is 12.8 Å². The molecule has 0 radical (unpaired) electrons. The summed E-state index contributed by atoms with van der Waals surface area (Å²) in [5.74, 6) is 0.0486. The van der Waals surface area contributed by atoms with Gasteiger partial charge in [-0.25, -0.2) is 0 Å². The average Bonchev–Trinajstić information content (AvgIpc) is 3.09. The fraction of sp³-hybridized carbons (Fsp3) is 0.789. The molecule has 27 heavy (non-hydrogen) atoms. The predicted octanol–water partition coefficient (Wildman–Crippen LogP) is 1.75. The van der Waals surface area contributed by atoms with E-state index in [-0.39, 0.29) is 23.3 Å². The van der Waals surface area contributed by atoms with Gasteiger partial charge in [0.25, 0.3) is 0 Å². The molecule has 1 aliphatic carbocycles. The monoisotopic (exact) mass is 397 g/mol. The molecule has 0 aromatic carbocycles. The molecule has 2 N–H and O–H groups in total. The Morgan fingerprint density at radius 3 is 2.67 bits per heavy atom. The highest BCUT2D eigenvalue weighted by molar-refractivity contribution is 7.80. The van der Waals surface area contributed by atoms with Gasteiger partial charge < -0.3 is 20.3 Å². The molecule has 1 saturated heterocycles. The molecular formula is C19H31N3O4S. The lowest BCUT2D eigenvalue weighted by atomic mass is 10.0. The fourth-order valence-electron chi connectivity index (χ4n) is 3.50. The van der Waals surface area contributed by atoms with Crippen molar-refractivity contribution < 1.29 is 19.1 Å². The van der Waals surface area contributed by atoms with E-state index in [0.29, 0.717) is 38.0 Å². The van der Waals surface area contributed by atoms with Crippen LogP contribution in [0.1, 0.15) is 58.8 Å². The number of carbonyl (C=O) groups is 3. The quantitative estimate of drug-likeness (QED) is 0.503. The van der Waals surface area contributed by atoms with Crippen LogP contribution in [0.4, 0.5) is 0 Å². The molecule has 8 heteroatoms. The second-order valence-corrected chi connectivity index (χ2v) is 8.20. The molecule has 1 heterocycles. The van der Waals surface area contributed by atoms with Crippen molar-refractivity contribution >= 4 is 35.1 Å². The molecule has 1 unspecified atom stereocenters. The SMILES string of the molecule is CC(C)CCOC(=O)CC1C(=O)NCCN1C(=S)NC(=O)CC1CCCC1. The Labute approximate surface area is 166 Å². The first-order valence-corrected chi connectivity index (χ1v) is 10.3. The number of nitrogens with one attached hydrogen (secondary N) is 2. The van der Waals surface area contributed by atoms with E-state index in [2.05, 4.69) is 24.5 Å². The lowest BCUT2D eigenvalue weighted by molar-refractivity contribution is -0.147. The zero-order chi connectivity index (χ0) is 19.8. The minimum absolute atomic E-state index is 0.0808. The lowest BCUT2D eigenvalue weighted by Gasteiger charge is -2.36. The third kappa shape index (κ3) is 7.08. The highest BCUT2D eigenvalue weighted by Crippen LogP contribution is 2.27. The number of ether oxygens (including phenoxy) is 1. The van der Waals surface area contributed by atoms with Crippen LogP contribution in [0.3, 0.4) is 0 Å². The summed E-state index contributed by atoms with van der Waals surface area (Å²) in [6.45, 7) is 5.33. The van der Waals surface area contributed by atoms with Crippen LogP contribution >= 0.6 is 12.2 Å². The van der Waals surface area contributed by atoms with Gasteiger partial charge in [0.2, 0.25) is 11.8 Å². The maximum absolute atomic E-state index is 12.3. The molecule has 0 aromatic heterocycles. The Hall–Kier alpha value is -1.70. The Morgan fingerprint density at radius 1 is 1.30 bits per heavy atom. The topological polar surface area (TPSA) is 87.7 Å². The van der Waals surface area contributed by atoms with Gasteiger partial charge in [-0.3, -0.25) is 14.4 Å². The number of nitrogens with zero attached hydrogens (tertiary/aromatic N) is 1. The Balaban J connectivity index is 1.87. The lowest BCUT2D eigenvalue weighted by Crippen LogP contribution is -2.60. The highest BCUT2D eigenvalue weighted by Gasteiger charge is 2.34. The maximum Gasteiger partial charge on any atom is 0.308 e. The number of hydrogen-bond donors (Lipinski definition) is 2. The molecule has 2 aliphatic rings. The van der Waals surface area contributed by atoms with Gasteiger partial charge in [0, 0.05) is 19.5 Å². The van der Waals surface area contributed by atoms with Crippen LogP contribution in [0.5, 0.6) is 0 Å². The van der Waals surface area contributed by atoms with Crippen LogP contribution in [-0.4, -0.2) is 53.5 Å². The minimum Gasteiger partial charge on any atom is -0.466 e. The standard InChI is InChI=1S/C19H31N3O4S/c1-13(2)7-10-26-17(24)12-15-18(25)20-8-9-22(15)19(27)21-16(23)11-14-5-3-4-6-14/h13-15H,3-12H2,1-2H3,(H,20,25)(H,21,23,27). The van der Waals surface area contributed by atoms with Gasteiger partial charge in [-0.05, 0) is 43.3 Å². The third-order valence-corrected chi connectivity index (χ3v) is 5.44. The van der Waals surface area contributed by atoms with Crippen molar-refractivity contribution in [1.29, 1.82) is 0 Å². The molecule has 1 atom stereocenters. The zero-order valence-electron chi connectivity index (χ0n) is 16.3. The number of piperazine rings is 1. The van der Waals surface area contributed by atoms with Crippen molar-refractivity contribution in [3.63, 3.8) is 0 Å². The van der Waals surface area contributed by atoms with Gasteiger partial charge in [-0.15, -0.1) is 0 Å². The molecule has 152 valence electrons. The summed E-state index contributed by atoms with van der Waals surface area (Å²) in [4.78, 5) is 38.2. The number of amides is 2. The molecular weight excluding hydrogens is 366 g/mol. The Kier molecular flexibility index (Phi) is 8.47. The molecule has 0 aromatic rings. The molecule has 0 bridgehead atoms. The van der Waals surface area contributed by atoms with Crippen molar-refractivity contribution in [1.82, 2.24) is 15.5 Å². The summed E-state index contributed by atoms with van der Waals surface area (Å²) in [7, 11) is 0. The summed E-state index contributed by atoms with van der Waals surface area (Å²) in [6, 6.07) is -0.746. The smallest absolute Gasteiger partial charge is 0.308 e. The Morgan fingerprint density at radius 2 is 2.00 bits per heavy atom. The Bertz CT molecular complexity index is 561. The molecule has 2 rings (SSSR count). The largest absolute Gasteiger partial charge is 0.466 e. The third-order valence-electron chi connectivity index (χ3n) is 5.11. The molecule has 0 spiro atoms. The van der Waals surface area contributed by atoms with Gasteiger partial charge in [0.15, 0.2) is 5.11 Å². The van der Waals surface area contributed by atoms with Crippen LogP contribution in [0.25, 0.3) is 0 Å². The summed E-state index contributed by atoms with van der Waals surface area (Å²) >= 11 is 5.36. The normalized spacial score (nSPS) is 20.5. The van der Waals surface area contributed by atoms with E-state index in [4.69, 9.17) is 17.0 Å². The second kappa shape index (κ2) is 10.6. The van der Waals surface area contributed by atoms with Crippen molar-refractivity contribution in [3.8, 4) is 0 Å². The average molecular weight is 398 g/mol. The first-order chi connectivity index (χ1) is 12.9. The van der Waals surface area contributed by atoms with Gasteiger partial charge in [-0.1, -0.05) is 26.7 Å². The molecule has 2 fully saturated rings. The fourth-order valence-corrected chi connectivity index (χ4v) is 3.84. The first kappa shape index (κ1) is 21.6. The van der Waals surface area contributed by atoms with Gasteiger partial charge in [-0.2, -0.15) is 0 Å². The number of esters is 1. The number of thiocarbonyl (C=S) groups is 1. The second-order valence-electron chi connectivity index (χ2n) is 7.82. The highest BCUT2D eigenvalue weighted by atomic mass is 32.1. The van der Waals surface area contributed by atoms with Crippen molar-refractivity contribution in [2.24, 2.45) is 11.8 Å². The summed E-state index contributed by atoms with van der Waals surface area (Å²) in [5.41, 5.74) is 0. The van der Waals surface area contributed by atoms with Gasteiger partial charge in [0.05, 0.1) is 13.0 Å². The van der Waals surface area contributed by atoms with Crippen LogP contribution in [0.15, 0.2) is 0 Å². The van der Waals surface area contributed by atoms with Gasteiger partial charge >= 0.3 is 5.97 Å². The van der Waals surface area contributed by atoms with Gasteiger partial charge in [0.1, 0.15) is 6.04 Å². The summed E-state index contributed by atoms with van der Waals surface area (Å²) < 4.78 is 5.23. The van der Waals surface area contributed by atoms with E-state index in [1.807, 2.05) is 0 Å². The van der Waals surface area contributed by atoms with Crippen molar-refractivity contribution in [2.75, 3.05) is 19.7 Å². The predicted molar refractivity (Wildman–Crippen MR) is 106 cm³/mol. The summed E-state index contributed by atoms with van der Waals surface area (Å²) in [6.07, 6.45) is 5.67. The summed E-state index contributed by atoms with van der Waals surface area (Å²) in [5, 5.41) is 5.71. The van der Waals surface area contributed by atoms with E-state index >= 15 is 0 Å². The zero-order valence-corrected chi connectivity index (χ0v) is 17.1. The maximum atomic E-state index is 12.3. The van der Waals surface area contributed by atoms with Crippen molar-refractivity contribution in [3.05, 3.63) is 0 Å². The minimum atomic E-state index is -0.746. The molecule has 2 amide bonds. The van der Waals surface area contributed by atoms with E-state index in [9.17, 15) is 14.4 Å². The van der Waals surface area contributed by atoms with E-state index in [1.54, 1.807) is 4.90 Å². The van der Waals surface area contributed by atoms with Crippen LogP contribution in [0.2, 0.25) is 0 Å². The first-order valence-electron chi connectivity index (χ1n) is 9.90.